The maximum atomic E-state index is 10.2. The van der Waals surface area contributed by atoms with Crippen molar-refractivity contribution >= 4 is 56.2 Å². The average Bonchev–Trinajstić information content (AvgIpc) is 3.19. The molecule has 0 spiro atoms. The van der Waals surface area contributed by atoms with Gasteiger partial charge in [0.25, 0.3) is 0 Å². The Morgan fingerprint density at radius 3 is 1.16 bits per heavy atom. The molecule has 0 radical (unpaired) electrons. The Morgan fingerprint density at radius 2 is 0.740 bits per heavy atom. The maximum absolute atomic E-state index is 10.2. The highest BCUT2D eigenvalue weighted by Crippen LogP contribution is 2.54. The lowest BCUT2D eigenvalue weighted by molar-refractivity contribution is 0.983. The highest BCUT2D eigenvalue weighted by molar-refractivity contribution is 6.08. The van der Waals surface area contributed by atoms with E-state index >= 15 is 0 Å². The zero-order valence-electron chi connectivity index (χ0n) is 26.4. The fourth-order valence-corrected chi connectivity index (χ4v) is 6.65. The number of hydrogen-bond donors (Lipinski definition) is 0. The topological polar surface area (TPSA) is 106 Å². The number of hydrogen-bond acceptors (Lipinski definition) is 8. The van der Waals surface area contributed by atoms with Crippen LogP contribution in [-0.2, 0) is 0 Å². The van der Waals surface area contributed by atoms with Gasteiger partial charge >= 0.3 is 0 Å². The van der Waals surface area contributed by atoms with Crippen LogP contribution >= 0.6 is 0 Å². The summed E-state index contributed by atoms with van der Waals surface area (Å²) in [6, 6.07) is 52.5. The Labute approximate surface area is 287 Å². The summed E-state index contributed by atoms with van der Waals surface area (Å²) in [5.41, 5.74) is 4.58. The Kier molecular flexibility index (Phi) is 6.72. The van der Waals surface area contributed by atoms with Crippen LogP contribution in [0.2, 0.25) is 0 Å². The molecule has 232 valence electrons. The number of fused-ring (bicyclic) bond motifs is 4. The third-order valence-electron chi connectivity index (χ3n) is 8.89. The molecule has 0 saturated carbocycles. The third-order valence-corrected chi connectivity index (χ3v) is 8.89. The van der Waals surface area contributed by atoms with Gasteiger partial charge in [-0.05, 0) is 22.9 Å². The quantitative estimate of drug-likeness (QED) is 0.187. The van der Waals surface area contributed by atoms with E-state index in [1.54, 1.807) is 0 Å². The summed E-state index contributed by atoms with van der Waals surface area (Å²) < 4.78 is 0. The second kappa shape index (κ2) is 11.7. The van der Waals surface area contributed by atoms with Gasteiger partial charge in [-0.2, -0.15) is 10.5 Å². The number of anilines is 6. The SMILES string of the molecule is N#Cc1nc2c(nc1C#N)N(c1cccc3ccccc13)c1nc(-c3ccccc3)c(-c3ccccc3)nc1N2c1cccc2ccccc12. The summed E-state index contributed by atoms with van der Waals surface area (Å²) in [4.78, 5) is 24.6. The first kappa shape index (κ1) is 28.8. The van der Waals surface area contributed by atoms with E-state index in [2.05, 4.69) is 36.4 Å². The average molecular weight is 641 g/mol. The van der Waals surface area contributed by atoms with Gasteiger partial charge in [0.05, 0.1) is 22.8 Å². The molecule has 3 heterocycles. The zero-order valence-corrected chi connectivity index (χ0v) is 26.4. The summed E-state index contributed by atoms with van der Waals surface area (Å²) >= 11 is 0. The minimum atomic E-state index is -0.0741. The Hall–Kier alpha value is -7.42. The fourth-order valence-electron chi connectivity index (χ4n) is 6.65. The first-order valence-corrected chi connectivity index (χ1v) is 16.0. The predicted octanol–water partition coefficient (Wildman–Crippen LogP) is 9.90. The van der Waals surface area contributed by atoms with E-state index in [-0.39, 0.29) is 11.4 Å². The standard InChI is InChI=1S/C42H24N8/c43-25-33-34(26-44)46-40-39(45-33)49(35-23-11-19-27-13-7-9-21-31(27)35)41-42(50(40)36-24-12-20-28-14-8-10-22-32(28)36)48-38(30-17-5-2-6-18-30)37(47-41)29-15-3-1-4-16-29/h1-24H. The van der Waals surface area contributed by atoms with Crippen LogP contribution in [-0.4, -0.2) is 19.9 Å². The number of aromatic nitrogens is 4. The predicted molar refractivity (Wildman–Crippen MR) is 196 cm³/mol. The van der Waals surface area contributed by atoms with Gasteiger partial charge in [0.2, 0.25) is 0 Å². The molecular formula is C42H24N8. The van der Waals surface area contributed by atoms with Crippen molar-refractivity contribution in [3.05, 3.63) is 157 Å². The van der Waals surface area contributed by atoms with Gasteiger partial charge in [-0.25, -0.2) is 19.9 Å². The largest absolute Gasteiger partial charge is 0.272 e. The van der Waals surface area contributed by atoms with Crippen LogP contribution in [0.1, 0.15) is 11.4 Å². The molecule has 0 bridgehead atoms. The minimum Gasteiger partial charge on any atom is -0.272 e. The molecular weight excluding hydrogens is 617 g/mol. The molecule has 8 aromatic rings. The van der Waals surface area contributed by atoms with Crippen molar-refractivity contribution in [1.82, 2.24) is 19.9 Å². The van der Waals surface area contributed by atoms with Crippen molar-refractivity contribution in [2.24, 2.45) is 0 Å². The van der Waals surface area contributed by atoms with E-state index in [4.69, 9.17) is 19.9 Å². The number of nitrogens with zero attached hydrogens (tertiary/aromatic N) is 8. The number of benzene rings is 6. The van der Waals surface area contributed by atoms with Crippen molar-refractivity contribution in [3.63, 3.8) is 0 Å². The van der Waals surface area contributed by atoms with Crippen molar-refractivity contribution in [3.8, 4) is 34.7 Å². The molecule has 9 rings (SSSR count). The molecule has 0 aliphatic carbocycles. The van der Waals surface area contributed by atoms with Gasteiger partial charge in [0, 0.05) is 21.9 Å². The van der Waals surface area contributed by atoms with E-state index in [1.807, 2.05) is 131 Å². The van der Waals surface area contributed by atoms with Crippen LogP contribution in [0.3, 0.4) is 0 Å². The molecule has 0 atom stereocenters. The molecule has 1 aliphatic rings. The van der Waals surface area contributed by atoms with E-state index in [1.165, 1.54) is 0 Å². The van der Waals surface area contributed by atoms with Crippen LogP contribution in [0.25, 0.3) is 44.1 Å². The highest BCUT2D eigenvalue weighted by atomic mass is 15.4. The van der Waals surface area contributed by atoms with E-state index < -0.39 is 0 Å². The Morgan fingerprint density at radius 1 is 0.380 bits per heavy atom. The molecule has 8 heteroatoms. The van der Waals surface area contributed by atoms with Crippen molar-refractivity contribution in [2.75, 3.05) is 9.80 Å². The van der Waals surface area contributed by atoms with E-state index in [0.29, 0.717) is 34.7 Å². The molecule has 0 unspecified atom stereocenters. The molecule has 1 aliphatic heterocycles. The minimum absolute atomic E-state index is 0.0741. The first-order valence-electron chi connectivity index (χ1n) is 16.0. The monoisotopic (exact) mass is 640 g/mol. The lowest BCUT2D eigenvalue weighted by atomic mass is 10.0. The molecule has 2 aromatic heterocycles. The first-order chi connectivity index (χ1) is 24.7. The third kappa shape index (κ3) is 4.52. The van der Waals surface area contributed by atoms with Gasteiger partial charge in [-0.1, -0.05) is 133 Å². The van der Waals surface area contributed by atoms with Crippen molar-refractivity contribution < 1.29 is 0 Å². The van der Waals surface area contributed by atoms with Crippen LogP contribution in [0.4, 0.5) is 34.6 Å². The van der Waals surface area contributed by atoms with Crippen LogP contribution in [0.5, 0.6) is 0 Å². The Balaban J connectivity index is 1.47. The van der Waals surface area contributed by atoms with E-state index in [0.717, 1.165) is 44.0 Å². The summed E-state index contributed by atoms with van der Waals surface area (Å²) in [6.07, 6.45) is 0. The Bertz CT molecular complexity index is 2500. The fraction of sp³-hybridized carbons (Fsp3) is 0. The van der Waals surface area contributed by atoms with Gasteiger partial charge < -0.3 is 0 Å². The van der Waals surface area contributed by atoms with Crippen LogP contribution < -0.4 is 9.80 Å². The molecule has 50 heavy (non-hydrogen) atoms. The molecule has 6 aromatic carbocycles. The normalized spacial score (nSPS) is 11.9. The maximum Gasteiger partial charge on any atom is 0.184 e. The van der Waals surface area contributed by atoms with Gasteiger partial charge in [-0.15, -0.1) is 0 Å². The zero-order chi connectivity index (χ0) is 33.6. The lowest BCUT2D eigenvalue weighted by Gasteiger charge is -2.38. The van der Waals surface area contributed by atoms with Crippen LogP contribution in [0, 0.1) is 22.7 Å². The molecule has 0 N–H and O–H groups in total. The second-order valence-electron chi connectivity index (χ2n) is 11.8. The van der Waals surface area contributed by atoms with Crippen molar-refractivity contribution in [2.45, 2.75) is 0 Å². The second-order valence-corrected chi connectivity index (χ2v) is 11.8. The smallest absolute Gasteiger partial charge is 0.184 e. The van der Waals surface area contributed by atoms with Gasteiger partial charge in [0.15, 0.2) is 34.7 Å². The van der Waals surface area contributed by atoms with E-state index in [9.17, 15) is 10.5 Å². The number of rotatable bonds is 4. The molecule has 8 nitrogen and oxygen atoms in total. The molecule has 0 fully saturated rings. The summed E-state index contributed by atoms with van der Waals surface area (Å²) in [6.45, 7) is 0. The van der Waals surface area contributed by atoms with Gasteiger partial charge in [-0.3, -0.25) is 9.80 Å². The highest BCUT2D eigenvalue weighted by Gasteiger charge is 2.39. The summed E-state index contributed by atoms with van der Waals surface area (Å²) in [5, 5.41) is 24.3. The molecule has 0 saturated heterocycles. The van der Waals surface area contributed by atoms with Gasteiger partial charge in [0.1, 0.15) is 12.1 Å². The van der Waals surface area contributed by atoms with Crippen molar-refractivity contribution in [1.29, 1.82) is 10.5 Å². The van der Waals surface area contributed by atoms with Crippen LogP contribution in [0.15, 0.2) is 146 Å². The molecule has 0 amide bonds. The summed E-state index contributed by atoms with van der Waals surface area (Å²) in [7, 11) is 0. The lowest BCUT2D eigenvalue weighted by Crippen LogP contribution is -2.29. The number of nitriles is 2. The summed E-state index contributed by atoms with van der Waals surface area (Å²) in [5.74, 6) is 1.72.